The fourth-order valence-electron chi connectivity index (χ4n) is 2.81. The van der Waals surface area contributed by atoms with Gasteiger partial charge in [0.1, 0.15) is 5.82 Å². The number of benzene rings is 1. The predicted molar refractivity (Wildman–Crippen MR) is 81.3 cm³/mol. The van der Waals surface area contributed by atoms with Gasteiger partial charge in [-0.25, -0.2) is 4.39 Å². The Labute approximate surface area is 133 Å². The summed E-state index contributed by atoms with van der Waals surface area (Å²) >= 11 is 11.5. The first-order valence-corrected chi connectivity index (χ1v) is 7.82. The topological polar surface area (TPSA) is 49.3 Å². The first-order chi connectivity index (χ1) is 10.0. The maximum Gasteiger partial charge on any atom is 0.252 e. The molecule has 2 atom stereocenters. The normalized spacial score (nSPS) is 22.1. The van der Waals surface area contributed by atoms with Gasteiger partial charge in [0.15, 0.2) is 0 Å². The lowest BCUT2D eigenvalue weighted by atomic mass is 9.79. The molecule has 0 radical (unpaired) electrons. The van der Waals surface area contributed by atoms with Crippen LogP contribution in [0, 0.1) is 17.7 Å². The quantitative estimate of drug-likeness (QED) is 0.826. The summed E-state index contributed by atoms with van der Waals surface area (Å²) in [5.41, 5.74) is 0.0786. The van der Waals surface area contributed by atoms with Crippen molar-refractivity contribution in [2.45, 2.75) is 25.7 Å². The van der Waals surface area contributed by atoms with Crippen LogP contribution in [0.25, 0.3) is 0 Å². The van der Waals surface area contributed by atoms with Crippen LogP contribution in [-0.2, 0) is 0 Å². The minimum Gasteiger partial charge on any atom is -0.396 e. The van der Waals surface area contributed by atoms with Crippen molar-refractivity contribution >= 4 is 29.1 Å². The van der Waals surface area contributed by atoms with Crippen LogP contribution in [0.5, 0.6) is 0 Å². The molecule has 1 fully saturated rings. The number of carbonyl (C=O) groups excluding carboxylic acids is 1. The molecule has 1 aliphatic carbocycles. The molecule has 116 valence electrons. The van der Waals surface area contributed by atoms with Crippen LogP contribution in [0.1, 0.15) is 36.0 Å². The monoisotopic (exact) mass is 333 g/mol. The Bertz CT molecular complexity index is 525. The summed E-state index contributed by atoms with van der Waals surface area (Å²) in [6.07, 6.45) is 4.18. The number of aliphatic hydroxyl groups is 1. The molecule has 1 saturated carbocycles. The molecule has 0 heterocycles. The van der Waals surface area contributed by atoms with Gasteiger partial charge in [-0.05, 0) is 36.8 Å². The molecular formula is C15H18Cl2FNO2. The number of nitrogens with one attached hydrogen (secondary N) is 1. The molecule has 1 aromatic carbocycles. The maximum atomic E-state index is 13.4. The Morgan fingerprint density at radius 3 is 2.57 bits per heavy atom. The fraction of sp³-hybridized carbons (Fsp3) is 0.533. The lowest BCUT2D eigenvalue weighted by molar-refractivity contribution is 0.0909. The lowest BCUT2D eigenvalue weighted by Crippen LogP contribution is -2.35. The van der Waals surface area contributed by atoms with E-state index in [4.69, 9.17) is 23.2 Å². The third-order valence-electron chi connectivity index (χ3n) is 4.08. The summed E-state index contributed by atoms with van der Waals surface area (Å²) in [4.78, 5) is 12.1. The van der Waals surface area contributed by atoms with Gasteiger partial charge in [-0.15, -0.1) is 0 Å². The molecule has 6 heteroatoms. The average molecular weight is 334 g/mol. The first kappa shape index (κ1) is 16.5. The molecule has 0 bridgehead atoms. The molecule has 0 aromatic heterocycles. The van der Waals surface area contributed by atoms with Crippen LogP contribution >= 0.6 is 23.2 Å². The Hall–Kier alpha value is -0.840. The van der Waals surface area contributed by atoms with Crippen LogP contribution in [0.2, 0.25) is 10.0 Å². The van der Waals surface area contributed by atoms with Gasteiger partial charge in [-0.1, -0.05) is 36.0 Å². The molecule has 0 spiro atoms. The van der Waals surface area contributed by atoms with E-state index in [1.807, 2.05) is 0 Å². The van der Waals surface area contributed by atoms with Crippen molar-refractivity contribution in [2.24, 2.45) is 11.8 Å². The second-order valence-electron chi connectivity index (χ2n) is 5.44. The molecule has 1 aromatic rings. The number of rotatable bonds is 4. The van der Waals surface area contributed by atoms with E-state index in [1.165, 1.54) is 6.07 Å². The number of hydrogen-bond donors (Lipinski definition) is 2. The smallest absolute Gasteiger partial charge is 0.252 e. The number of aliphatic hydroxyl groups excluding tert-OH is 1. The largest absolute Gasteiger partial charge is 0.396 e. The summed E-state index contributed by atoms with van der Waals surface area (Å²) < 4.78 is 13.4. The highest BCUT2D eigenvalue weighted by molar-refractivity contribution is 6.36. The molecule has 2 unspecified atom stereocenters. The van der Waals surface area contributed by atoms with Gasteiger partial charge in [0.25, 0.3) is 5.91 Å². The lowest BCUT2D eigenvalue weighted by Gasteiger charge is -2.30. The van der Waals surface area contributed by atoms with Crippen molar-refractivity contribution in [3.05, 3.63) is 33.6 Å². The van der Waals surface area contributed by atoms with Gasteiger partial charge >= 0.3 is 0 Å². The molecule has 0 saturated heterocycles. The molecule has 2 rings (SSSR count). The zero-order chi connectivity index (χ0) is 15.4. The van der Waals surface area contributed by atoms with E-state index in [2.05, 4.69) is 5.32 Å². The molecule has 0 aliphatic heterocycles. The van der Waals surface area contributed by atoms with Gasteiger partial charge in [-0.2, -0.15) is 0 Å². The summed E-state index contributed by atoms with van der Waals surface area (Å²) in [5, 5.41) is 12.2. The maximum absolute atomic E-state index is 13.4. The van der Waals surface area contributed by atoms with Gasteiger partial charge in [-0.3, -0.25) is 4.79 Å². The van der Waals surface area contributed by atoms with Crippen molar-refractivity contribution < 1.29 is 14.3 Å². The Morgan fingerprint density at radius 2 is 1.90 bits per heavy atom. The van der Waals surface area contributed by atoms with Crippen molar-refractivity contribution in [2.75, 3.05) is 13.2 Å². The Morgan fingerprint density at radius 1 is 1.24 bits per heavy atom. The zero-order valence-corrected chi connectivity index (χ0v) is 13.1. The van der Waals surface area contributed by atoms with Crippen LogP contribution in [-0.4, -0.2) is 24.2 Å². The molecule has 2 N–H and O–H groups in total. The molecular weight excluding hydrogens is 316 g/mol. The van der Waals surface area contributed by atoms with Crippen LogP contribution in [0.3, 0.4) is 0 Å². The molecule has 1 amide bonds. The van der Waals surface area contributed by atoms with Gasteiger partial charge in [0.05, 0.1) is 15.6 Å². The van der Waals surface area contributed by atoms with Gasteiger partial charge in [0.2, 0.25) is 0 Å². The van der Waals surface area contributed by atoms with Crippen molar-refractivity contribution in [3.63, 3.8) is 0 Å². The minimum absolute atomic E-state index is 0.0786. The second-order valence-corrected chi connectivity index (χ2v) is 6.26. The number of halogens is 3. The van der Waals surface area contributed by atoms with E-state index in [-0.39, 0.29) is 34.1 Å². The molecule has 3 nitrogen and oxygen atoms in total. The predicted octanol–water partition coefficient (Wildman–Crippen LogP) is 3.66. The van der Waals surface area contributed by atoms with Crippen molar-refractivity contribution in [1.82, 2.24) is 5.32 Å². The summed E-state index contributed by atoms with van der Waals surface area (Å²) in [6, 6.07) is 2.27. The first-order valence-electron chi connectivity index (χ1n) is 7.06. The van der Waals surface area contributed by atoms with E-state index in [9.17, 15) is 14.3 Å². The Balaban J connectivity index is 2.00. The van der Waals surface area contributed by atoms with E-state index >= 15 is 0 Å². The van der Waals surface area contributed by atoms with Gasteiger partial charge < -0.3 is 10.4 Å². The van der Waals surface area contributed by atoms with Crippen LogP contribution in [0.15, 0.2) is 12.1 Å². The van der Waals surface area contributed by atoms with E-state index in [0.717, 1.165) is 31.7 Å². The van der Waals surface area contributed by atoms with Crippen LogP contribution in [0.4, 0.5) is 4.39 Å². The highest BCUT2D eigenvalue weighted by Crippen LogP contribution is 2.29. The van der Waals surface area contributed by atoms with Crippen LogP contribution < -0.4 is 5.32 Å². The van der Waals surface area contributed by atoms with Gasteiger partial charge in [0, 0.05) is 13.2 Å². The number of amides is 1. The number of hydrogen-bond acceptors (Lipinski definition) is 2. The summed E-state index contributed by atoms with van der Waals surface area (Å²) in [5.74, 6) is -0.616. The molecule has 21 heavy (non-hydrogen) atoms. The Kier molecular flexibility index (Phi) is 5.85. The minimum atomic E-state index is -0.669. The average Bonchev–Trinajstić information content (AvgIpc) is 2.48. The third-order valence-corrected chi connectivity index (χ3v) is 4.68. The molecule has 1 aliphatic rings. The zero-order valence-electron chi connectivity index (χ0n) is 11.5. The third kappa shape index (κ3) is 4.09. The van der Waals surface area contributed by atoms with E-state index in [1.54, 1.807) is 0 Å². The van der Waals surface area contributed by atoms with Crippen molar-refractivity contribution in [3.8, 4) is 0 Å². The van der Waals surface area contributed by atoms with E-state index < -0.39 is 11.7 Å². The summed E-state index contributed by atoms with van der Waals surface area (Å²) in [6.45, 7) is 0.599. The fourth-order valence-corrected chi connectivity index (χ4v) is 3.28. The SMILES string of the molecule is O=C(NCC1CCCCC1CO)c1cc(F)c(Cl)cc1Cl. The number of carbonyl (C=O) groups is 1. The summed E-state index contributed by atoms with van der Waals surface area (Å²) in [7, 11) is 0. The van der Waals surface area contributed by atoms with E-state index in [0.29, 0.717) is 6.54 Å². The van der Waals surface area contributed by atoms with Crippen molar-refractivity contribution in [1.29, 1.82) is 0 Å². The second kappa shape index (κ2) is 7.43. The highest BCUT2D eigenvalue weighted by Gasteiger charge is 2.25. The standard InChI is InChI=1S/C15H18Cl2FNO2/c16-12-6-13(17)14(18)5-11(12)15(21)19-7-9-3-1-2-4-10(9)8-20/h5-6,9-10,20H,1-4,7-8H2,(H,19,21). The highest BCUT2D eigenvalue weighted by atomic mass is 35.5.